The van der Waals surface area contributed by atoms with E-state index in [-0.39, 0.29) is 12.3 Å². The zero-order valence-electron chi connectivity index (χ0n) is 13.8. The Hall–Kier alpha value is -2.63. The van der Waals surface area contributed by atoms with Gasteiger partial charge >= 0.3 is 5.97 Å². The molecular formula is C19H14Cl2N2O3. The van der Waals surface area contributed by atoms with Gasteiger partial charge in [-0.3, -0.25) is 4.79 Å². The summed E-state index contributed by atoms with van der Waals surface area (Å²) < 4.78 is 6.70. The number of benzene rings is 2. The van der Waals surface area contributed by atoms with Crippen molar-refractivity contribution in [1.82, 2.24) is 9.78 Å². The summed E-state index contributed by atoms with van der Waals surface area (Å²) in [6.45, 7) is 1.68. The van der Waals surface area contributed by atoms with Crippen molar-refractivity contribution in [3.63, 3.8) is 0 Å². The maximum absolute atomic E-state index is 12.3. The van der Waals surface area contributed by atoms with Crippen LogP contribution in [0.25, 0.3) is 5.69 Å². The first-order valence-corrected chi connectivity index (χ1v) is 8.49. The van der Waals surface area contributed by atoms with Gasteiger partial charge in [0.15, 0.2) is 0 Å². The van der Waals surface area contributed by atoms with Crippen LogP contribution in [0.5, 0.6) is 0 Å². The van der Waals surface area contributed by atoms with Gasteiger partial charge in [-0.15, -0.1) is 0 Å². The molecule has 0 saturated heterocycles. The smallest absolute Gasteiger partial charge is 0.363 e. The maximum Gasteiger partial charge on any atom is 0.363 e. The highest BCUT2D eigenvalue weighted by Crippen LogP contribution is 2.17. The molecule has 0 aliphatic carbocycles. The third-order valence-electron chi connectivity index (χ3n) is 3.69. The number of hydrogen-bond donors (Lipinski definition) is 0. The summed E-state index contributed by atoms with van der Waals surface area (Å²) in [5.41, 5.74) is 1.11. The van der Waals surface area contributed by atoms with E-state index in [4.69, 9.17) is 27.9 Å². The van der Waals surface area contributed by atoms with Crippen molar-refractivity contribution in [3.05, 3.63) is 91.8 Å². The molecule has 0 N–H and O–H groups in total. The Kier molecular flexibility index (Phi) is 5.40. The average molecular weight is 389 g/mol. The van der Waals surface area contributed by atoms with E-state index in [1.54, 1.807) is 55.5 Å². The van der Waals surface area contributed by atoms with Crippen LogP contribution < -0.4 is 5.43 Å². The fourth-order valence-corrected chi connectivity index (χ4v) is 2.68. The Morgan fingerprint density at radius 1 is 1.12 bits per heavy atom. The molecule has 7 heteroatoms. The van der Waals surface area contributed by atoms with Crippen LogP contribution in [-0.4, -0.2) is 15.7 Å². The van der Waals surface area contributed by atoms with Crippen molar-refractivity contribution < 1.29 is 9.53 Å². The number of esters is 1. The zero-order valence-corrected chi connectivity index (χ0v) is 15.3. The summed E-state index contributed by atoms with van der Waals surface area (Å²) in [7, 11) is 0. The van der Waals surface area contributed by atoms with Gasteiger partial charge < -0.3 is 4.74 Å². The maximum atomic E-state index is 12.3. The normalized spacial score (nSPS) is 10.6. The van der Waals surface area contributed by atoms with Crippen LogP contribution in [0.2, 0.25) is 10.0 Å². The molecule has 0 fully saturated rings. The highest BCUT2D eigenvalue weighted by Gasteiger charge is 2.17. The molecule has 0 spiro atoms. The van der Waals surface area contributed by atoms with Gasteiger partial charge in [0.05, 0.1) is 5.69 Å². The molecule has 0 unspecified atom stereocenters. The van der Waals surface area contributed by atoms with Crippen molar-refractivity contribution in [3.8, 4) is 5.69 Å². The largest absolute Gasteiger partial charge is 0.456 e. The molecule has 0 aliphatic heterocycles. The van der Waals surface area contributed by atoms with Crippen LogP contribution in [0.3, 0.4) is 0 Å². The van der Waals surface area contributed by atoms with Gasteiger partial charge in [0.25, 0.3) is 0 Å². The number of aromatic nitrogens is 2. The second kappa shape index (κ2) is 7.72. The Morgan fingerprint density at radius 2 is 1.81 bits per heavy atom. The summed E-state index contributed by atoms with van der Waals surface area (Å²) in [4.78, 5) is 24.5. The van der Waals surface area contributed by atoms with E-state index in [0.29, 0.717) is 27.0 Å². The van der Waals surface area contributed by atoms with Crippen LogP contribution in [0.4, 0.5) is 0 Å². The van der Waals surface area contributed by atoms with Gasteiger partial charge in [-0.1, -0.05) is 41.4 Å². The van der Waals surface area contributed by atoms with Crippen LogP contribution in [0.15, 0.2) is 59.4 Å². The SMILES string of the molecule is Cc1cc(=O)c(C(=O)OCc2ccccc2Cl)nn1-c1ccc(Cl)cc1. The highest BCUT2D eigenvalue weighted by atomic mass is 35.5. The van der Waals surface area contributed by atoms with Crippen LogP contribution in [0.1, 0.15) is 21.7 Å². The van der Waals surface area contributed by atoms with Crippen molar-refractivity contribution in [2.75, 3.05) is 0 Å². The van der Waals surface area contributed by atoms with Crippen molar-refractivity contribution in [2.24, 2.45) is 0 Å². The van der Waals surface area contributed by atoms with Gasteiger partial charge in [-0.25, -0.2) is 9.48 Å². The van der Waals surface area contributed by atoms with Gasteiger partial charge in [0, 0.05) is 27.4 Å². The van der Waals surface area contributed by atoms with Gasteiger partial charge in [0.2, 0.25) is 11.1 Å². The highest BCUT2D eigenvalue weighted by molar-refractivity contribution is 6.31. The number of ether oxygens (including phenoxy) is 1. The Balaban J connectivity index is 1.88. The topological polar surface area (TPSA) is 61.2 Å². The molecule has 3 aromatic rings. The standard InChI is InChI=1S/C19H14Cl2N2O3/c1-12-10-17(24)18(22-23(12)15-8-6-14(20)7-9-15)19(25)26-11-13-4-2-3-5-16(13)21/h2-10H,11H2,1H3. The molecule has 0 atom stereocenters. The van der Waals surface area contributed by atoms with E-state index in [1.165, 1.54) is 10.7 Å². The molecule has 0 aliphatic rings. The molecule has 0 amide bonds. The summed E-state index contributed by atoms with van der Waals surface area (Å²) in [5, 5.41) is 5.22. The predicted molar refractivity (Wildman–Crippen MR) is 100 cm³/mol. The third kappa shape index (κ3) is 3.95. The van der Waals surface area contributed by atoms with E-state index in [2.05, 4.69) is 5.10 Å². The molecule has 3 rings (SSSR count). The van der Waals surface area contributed by atoms with Gasteiger partial charge in [-0.2, -0.15) is 5.10 Å². The fourth-order valence-electron chi connectivity index (χ4n) is 2.36. The van der Waals surface area contributed by atoms with Crippen LogP contribution >= 0.6 is 23.2 Å². The first-order valence-electron chi connectivity index (χ1n) is 7.73. The molecule has 132 valence electrons. The lowest BCUT2D eigenvalue weighted by atomic mass is 10.2. The molecule has 26 heavy (non-hydrogen) atoms. The second-order valence-corrected chi connectivity index (χ2v) is 6.40. The van der Waals surface area contributed by atoms with E-state index >= 15 is 0 Å². The monoisotopic (exact) mass is 388 g/mol. The number of hydrogen-bond acceptors (Lipinski definition) is 4. The van der Waals surface area contributed by atoms with Gasteiger partial charge in [-0.05, 0) is 37.3 Å². The number of carbonyl (C=O) groups excluding carboxylic acids is 1. The lowest BCUT2D eigenvalue weighted by Crippen LogP contribution is -2.24. The molecule has 1 heterocycles. The Bertz CT molecular complexity index is 1010. The van der Waals surface area contributed by atoms with E-state index in [9.17, 15) is 9.59 Å². The lowest BCUT2D eigenvalue weighted by molar-refractivity contribution is 0.0462. The predicted octanol–water partition coefficient (Wildman–Crippen LogP) is 4.20. The van der Waals surface area contributed by atoms with E-state index in [0.717, 1.165) is 0 Å². The summed E-state index contributed by atoms with van der Waals surface area (Å²) in [6.07, 6.45) is 0. The number of carbonyl (C=O) groups is 1. The van der Waals surface area contributed by atoms with E-state index in [1.807, 2.05) is 0 Å². The third-order valence-corrected chi connectivity index (χ3v) is 4.31. The minimum Gasteiger partial charge on any atom is -0.456 e. The molecule has 1 aromatic heterocycles. The van der Waals surface area contributed by atoms with Crippen LogP contribution in [0, 0.1) is 6.92 Å². The van der Waals surface area contributed by atoms with Crippen molar-refractivity contribution in [2.45, 2.75) is 13.5 Å². The molecule has 0 saturated carbocycles. The molecule has 0 bridgehead atoms. The summed E-state index contributed by atoms with van der Waals surface area (Å²) in [5.74, 6) is -0.808. The van der Waals surface area contributed by atoms with E-state index < -0.39 is 11.4 Å². The molecule has 5 nitrogen and oxygen atoms in total. The number of rotatable bonds is 4. The summed E-state index contributed by atoms with van der Waals surface area (Å²) >= 11 is 11.9. The van der Waals surface area contributed by atoms with Crippen LogP contribution in [-0.2, 0) is 11.3 Å². The first-order chi connectivity index (χ1) is 12.5. The minimum atomic E-state index is -0.808. The number of aryl methyl sites for hydroxylation is 1. The number of halogens is 2. The average Bonchev–Trinajstić information content (AvgIpc) is 2.62. The molecular weight excluding hydrogens is 375 g/mol. The molecule has 0 radical (unpaired) electrons. The zero-order chi connectivity index (χ0) is 18.7. The Labute approximate surface area is 159 Å². The van der Waals surface area contributed by atoms with Crippen molar-refractivity contribution in [1.29, 1.82) is 0 Å². The summed E-state index contributed by atoms with van der Waals surface area (Å²) in [6, 6.07) is 15.2. The lowest BCUT2D eigenvalue weighted by Gasteiger charge is -2.11. The number of nitrogens with zero attached hydrogens (tertiary/aromatic N) is 2. The fraction of sp³-hybridized carbons (Fsp3) is 0.105. The Morgan fingerprint density at radius 3 is 2.50 bits per heavy atom. The minimum absolute atomic E-state index is 0.0472. The first kappa shape index (κ1) is 18.2. The second-order valence-electron chi connectivity index (χ2n) is 5.55. The van der Waals surface area contributed by atoms with Gasteiger partial charge in [0.1, 0.15) is 6.61 Å². The molecule has 2 aromatic carbocycles. The van der Waals surface area contributed by atoms with Crippen molar-refractivity contribution >= 4 is 29.2 Å². The quantitative estimate of drug-likeness (QED) is 0.628.